The molecule has 0 fully saturated rings. The highest BCUT2D eigenvalue weighted by Gasteiger charge is 2.34. The molecule has 4 heteroatoms. The van der Waals surface area contributed by atoms with Crippen LogP contribution in [-0.2, 0) is 11.2 Å². The van der Waals surface area contributed by atoms with Gasteiger partial charge < -0.3 is 14.6 Å². The molecule has 4 rings (SSSR count). The van der Waals surface area contributed by atoms with Crippen LogP contribution in [0.1, 0.15) is 75.2 Å². The summed E-state index contributed by atoms with van der Waals surface area (Å²) in [7, 11) is 0. The van der Waals surface area contributed by atoms with Gasteiger partial charge in [-0.25, -0.2) is 0 Å². The average molecular weight is 419 g/mol. The van der Waals surface area contributed by atoms with E-state index in [-0.39, 0.29) is 11.9 Å². The maximum Gasteiger partial charge on any atom is 0.223 e. The standard InChI is InChI=1S/C27H34N2O2/c1-3-5-6-7-8-13-25(30)29-19-18-23-22-11-9-10-12-24(22)28-26(23)27(29)20-14-16-21(17-15-20)31-4-2/h9-12,14-17,27-28H,3-8,13,18-19H2,1-2H3. The number of unbranched alkanes of at least 4 members (excludes halogenated alkanes) is 4. The molecule has 3 aromatic rings. The molecule has 1 aromatic heterocycles. The maximum absolute atomic E-state index is 13.3. The van der Waals surface area contributed by atoms with E-state index in [4.69, 9.17) is 4.74 Å². The Morgan fingerprint density at radius 1 is 1.03 bits per heavy atom. The van der Waals surface area contributed by atoms with Gasteiger partial charge in [0.1, 0.15) is 5.75 Å². The molecule has 0 spiro atoms. The average Bonchev–Trinajstić information content (AvgIpc) is 3.18. The molecule has 2 aromatic carbocycles. The van der Waals surface area contributed by atoms with E-state index in [0.29, 0.717) is 13.0 Å². The van der Waals surface area contributed by atoms with Gasteiger partial charge in [0.2, 0.25) is 5.91 Å². The van der Waals surface area contributed by atoms with Crippen LogP contribution in [0.5, 0.6) is 5.75 Å². The minimum atomic E-state index is -0.0741. The molecule has 1 N–H and O–H groups in total. The second-order valence-electron chi connectivity index (χ2n) is 8.47. The third-order valence-electron chi connectivity index (χ3n) is 6.36. The van der Waals surface area contributed by atoms with Gasteiger partial charge in [-0.15, -0.1) is 0 Å². The number of fused-ring (bicyclic) bond motifs is 3. The summed E-state index contributed by atoms with van der Waals surface area (Å²) in [5, 5.41) is 1.28. The van der Waals surface area contributed by atoms with Crippen molar-refractivity contribution in [1.82, 2.24) is 9.88 Å². The number of H-pyrrole nitrogens is 1. The Labute approximate surface area is 185 Å². The van der Waals surface area contributed by atoms with E-state index in [9.17, 15) is 4.79 Å². The molecule has 1 atom stereocenters. The fraction of sp³-hybridized carbons (Fsp3) is 0.444. The second kappa shape index (κ2) is 10.0. The van der Waals surface area contributed by atoms with Gasteiger partial charge in [-0.1, -0.05) is 62.9 Å². The molecule has 2 heterocycles. The molecule has 0 bridgehead atoms. The summed E-state index contributed by atoms with van der Waals surface area (Å²) in [5.41, 5.74) is 4.80. The van der Waals surface area contributed by atoms with Gasteiger partial charge in [-0.3, -0.25) is 4.79 Å². The third-order valence-corrected chi connectivity index (χ3v) is 6.36. The Morgan fingerprint density at radius 3 is 2.58 bits per heavy atom. The zero-order valence-corrected chi connectivity index (χ0v) is 18.8. The number of amides is 1. The smallest absolute Gasteiger partial charge is 0.223 e. The normalized spacial score (nSPS) is 15.8. The molecule has 1 aliphatic rings. The number of ether oxygens (including phenoxy) is 1. The molecule has 0 saturated carbocycles. The third kappa shape index (κ3) is 4.63. The minimum absolute atomic E-state index is 0.0741. The largest absolute Gasteiger partial charge is 0.494 e. The maximum atomic E-state index is 13.3. The Balaban J connectivity index is 1.63. The molecule has 1 unspecified atom stereocenters. The van der Waals surface area contributed by atoms with Gasteiger partial charge in [0.05, 0.1) is 12.6 Å². The lowest BCUT2D eigenvalue weighted by atomic mass is 9.92. The number of nitrogens with one attached hydrogen (secondary N) is 1. The van der Waals surface area contributed by atoms with Gasteiger partial charge in [-0.2, -0.15) is 0 Å². The van der Waals surface area contributed by atoms with E-state index in [0.717, 1.165) is 48.3 Å². The molecule has 0 saturated heterocycles. The van der Waals surface area contributed by atoms with Crippen LogP contribution < -0.4 is 4.74 Å². The van der Waals surface area contributed by atoms with Crippen LogP contribution in [0.4, 0.5) is 0 Å². The predicted molar refractivity (Wildman–Crippen MR) is 127 cm³/mol. The fourth-order valence-corrected chi connectivity index (χ4v) is 4.79. The number of rotatable bonds is 9. The molecular weight excluding hydrogens is 384 g/mol. The van der Waals surface area contributed by atoms with Crippen molar-refractivity contribution in [3.8, 4) is 5.75 Å². The van der Waals surface area contributed by atoms with Crippen molar-refractivity contribution in [2.45, 2.75) is 64.8 Å². The molecule has 1 amide bonds. The van der Waals surface area contributed by atoms with Crippen molar-refractivity contribution in [3.05, 3.63) is 65.4 Å². The SMILES string of the molecule is CCCCCCCC(=O)N1CCc2c([nH]c3ccccc23)C1c1ccc(OCC)cc1. The van der Waals surface area contributed by atoms with E-state index < -0.39 is 0 Å². The summed E-state index contributed by atoms with van der Waals surface area (Å²) in [6.07, 6.45) is 7.34. The van der Waals surface area contributed by atoms with Crippen LogP contribution in [0.25, 0.3) is 10.9 Å². The number of hydrogen-bond acceptors (Lipinski definition) is 2. The van der Waals surface area contributed by atoms with Crippen LogP contribution in [0.15, 0.2) is 48.5 Å². The van der Waals surface area contributed by atoms with E-state index in [1.807, 2.05) is 19.1 Å². The molecule has 0 radical (unpaired) electrons. The molecular formula is C27H34N2O2. The predicted octanol–water partition coefficient (Wildman–Crippen LogP) is 6.40. The Morgan fingerprint density at radius 2 is 1.81 bits per heavy atom. The highest BCUT2D eigenvalue weighted by atomic mass is 16.5. The first-order chi connectivity index (χ1) is 15.2. The zero-order chi connectivity index (χ0) is 21.6. The van der Waals surface area contributed by atoms with Gasteiger partial charge >= 0.3 is 0 Å². The second-order valence-corrected chi connectivity index (χ2v) is 8.47. The van der Waals surface area contributed by atoms with Crippen LogP contribution in [0, 0.1) is 0 Å². The lowest BCUT2D eigenvalue weighted by Crippen LogP contribution is -2.40. The summed E-state index contributed by atoms with van der Waals surface area (Å²) >= 11 is 0. The van der Waals surface area contributed by atoms with Crippen molar-refractivity contribution >= 4 is 16.8 Å². The number of carbonyl (C=O) groups is 1. The monoisotopic (exact) mass is 418 g/mol. The first-order valence-corrected chi connectivity index (χ1v) is 11.8. The van der Waals surface area contributed by atoms with Crippen molar-refractivity contribution in [2.75, 3.05) is 13.2 Å². The Hall–Kier alpha value is -2.75. The molecule has 1 aliphatic heterocycles. The van der Waals surface area contributed by atoms with Gasteiger partial charge in [0.25, 0.3) is 0 Å². The highest BCUT2D eigenvalue weighted by Crippen LogP contribution is 2.39. The van der Waals surface area contributed by atoms with E-state index in [1.54, 1.807) is 0 Å². The first-order valence-electron chi connectivity index (χ1n) is 11.8. The van der Waals surface area contributed by atoms with E-state index in [2.05, 4.69) is 53.2 Å². The van der Waals surface area contributed by atoms with Crippen molar-refractivity contribution in [1.29, 1.82) is 0 Å². The molecule has 31 heavy (non-hydrogen) atoms. The minimum Gasteiger partial charge on any atom is -0.494 e. The summed E-state index contributed by atoms with van der Waals surface area (Å²) in [4.78, 5) is 19.0. The Bertz CT molecular complexity index is 1010. The highest BCUT2D eigenvalue weighted by molar-refractivity contribution is 5.86. The van der Waals surface area contributed by atoms with Crippen LogP contribution >= 0.6 is 0 Å². The van der Waals surface area contributed by atoms with Crippen molar-refractivity contribution in [2.24, 2.45) is 0 Å². The number of para-hydroxylation sites is 1. The summed E-state index contributed by atoms with van der Waals surface area (Å²) in [6.45, 7) is 5.63. The van der Waals surface area contributed by atoms with Gasteiger partial charge in [0, 0.05) is 29.6 Å². The van der Waals surface area contributed by atoms with E-state index in [1.165, 1.54) is 30.2 Å². The topological polar surface area (TPSA) is 45.3 Å². The van der Waals surface area contributed by atoms with Gasteiger partial charge in [0.15, 0.2) is 0 Å². The number of benzene rings is 2. The number of nitrogens with zero attached hydrogens (tertiary/aromatic N) is 1. The zero-order valence-electron chi connectivity index (χ0n) is 18.8. The van der Waals surface area contributed by atoms with Crippen LogP contribution in [0.3, 0.4) is 0 Å². The molecule has 164 valence electrons. The van der Waals surface area contributed by atoms with Gasteiger partial charge in [-0.05, 0) is 49.1 Å². The molecule has 0 aliphatic carbocycles. The lowest BCUT2D eigenvalue weighted by molar-refractivity contribution is -0.133. The summed E-state index contributed by atoms with van der Waals surface area (Å²) in [5.74, 6) is 1.13. The number of aromatic amines is 1. The fourth-order valence-electron chi connectivity index (χ4n) is 4.79. The van der Waals surface area contributed by atoms with Crippen molar-refractivity contribution in [3.63, 3.8) is 0 Å². The van der Waals surface area contributed by atoms with Crippen LogP contribution in [0.2, 0.25) is 0 Å². The van der Waals surface area contributed by atoms with Crippen LogP contribution in [-0.4, -0.2) is 28.9 Å². The summed E-state index contributed by atoms with van der Waals surface area (Å²) in [6, 6.07) is 16.6. The number of carbonyl (C=O) groups excluding carboxylic acids is 1. The molecule has 4 nitrogen and oxygen atoms in total. The number of hydrogen-bond donors (Lipinski definition) is 1. The summed E-state index contributed by atoms with van der Waals surface area (Å²) < 4.78 is 5.64. The Kier molecular flexibility index (Phi) is 6.96. The quantitative estimate of drug-likeness (QED) is 0.409. The first kappa shape index (κ1) is 21.5. The lowest BCUT2D eigenvalue weighted by Gasteiger charge is -2.36. The van der Waals surface area contributed by atoms with E-state index >= 15 is 0 Å². The van der Waals surface area contributed by atoms with Crippen molar-refractivity contribution < 1.29 is 9.53 Å². The number of aromatic nitrogens is 1.